The van der Waals surface area contributed by atoms with Gasteiger partial charge in [-0.2, -0.15) is 0 Å². The second-order valence-electron chi connectivity index (χ2n) is 6.06. The number of rotatable bonds is 4. The topological polar surface area (TPSA) is 59.3 Å². The minimum absolute atomic E-state index is 0.0877. The zero-order chi connectivity index (χ0) is 15.7. The Morgan fingerprint density at radius 1 is 1.32 bits per heavy atom. The number of benzene rings is 1. The molecule has 22 heavy (non-hydrogen) atoms. The summed E-state index contributed by atoms with van der Waals surface area (Å²) in [5, 5.41) is 5.15. The second kappa shape index (κ2) is 6.22. The lowest BCUT2D eigenvalue weighted by atomic mass is 10.0. The van der Waals surface area contributed by atoms with Gasteiger partial charge >= 0.3 is 0 Å². The van der Waals surface area contributed by atoms with Crippen LogP contribution >= 0.6 is 11.6 Å². The van der Waals surface area contributed by atoms with Gasteiger partial charge in [-0.3, -0.25) is 0 Å². The van der Waals surface area contributed by atoms with Gasteiger partial charge in [0.05, 0.1) is 17.5 Å². The predicted octanol–water partition coefficient (Wildman–Crippen LogP) is 3.56. The fourth-order valence-electron chi connectivity index (χ4n) is 2.84. The highest BCUT2D eigenvalue weighted by Crippen LogP contribution is 2.27. The average molecular weight is 342 g/mol. The maximum absolute atomic E-state index is 11.4. The van der Waals surface area contributed by atoms with Gasteiger partial charge in [0, 0.05) is 10.4 Å². The van der Waals surface area contributed by atoms with E-state index in [2.05, 4.69) is 12.2 Å². The van der Waals surface area contributed by atoms with E-state index in [4.69, 9.17) is 16.0 Å². The summed E-state index contributed by atoms with van der Waals surface area (Å²) < 4.78 is 28.7. The van der Waals surface area contributed by atoms with Crippen LogP contribution in [-0.4, -0.2) is 26.5 Å². The van der Waals surface area contributed by atoms with Gasteiger partial charge in [-0.15, -0.1) is 0 Å². The van der Waals surface area contributed by atoms with Crippen LogP contribution in [0.1, 0.15) is 31.6 Å². The normalized spacial score (nSPS) is 20.3. The largest absolute Gasteiger partial charge is 0.459 e. The van der Waals surface area contributed by atoms with Gasteiger partial charge in [-0.1, -0.05) is 11.6 Å². The van der Waals surface area contributed by atoms with Gasteiger partial charge in [0.2, 0.25) is 0 Å². The Hall–Kier alpha value is -1.04. The number of nitrogens with one attached hydrogen (secondary N) is 1. The van der Waals surface area contributed by atoms with Crippen LogP contribution < -0.4 is 5.32 Å². The molecule has 0 bridgehead atoms. The van der Waals surface area contributed by atoms with E-state index < -0.39 is 9.84 Å². The zero-order valence-electron chi connectivity index (χ0n) is 12.5. The summed E-state index contributed by atoms with van der Waals surface area (Å²) in [7, 11) is -2.79. The van der Waals surface area contributed by atoms with E-state index in [1.54, 1.807) is 0 Å². The molecule has 1 N–H and O–H groups in total. The van der Waals surface area contributed by atoms with Crippen molar-refractivity contribution in [3.05, 3.63) is 35.0 Å². The van der Waals surface area contributed by atoms with E-state index in [-0.39, 0.29) is 6.04 Å². The monoisotopic (exact) mass is 341 g/mol. The van der Waals surface area contributed by atoms with Gasteiger partial charge in [0.1, 0.15) is 21.2 Å². The smallest absolute Gasteiger partial charge is 0.150 e. The van der Waals surface area contributed by atoms with Crippen molar-refractivity contribution in [1.29, 1.82) is 0 Å². The quantitative estimate of drug-likeness (QED) is 0.923. The molecule has 2 aromatic rings. The fourth-order valence-corrected chi connectivity index (χ4v) is 4.60. The molecule has 2 heterocycles. The van der Waals surface area contributed by atoms with Gasteiger partial charge in [0.25, 0.3) is 0 Å². The summed E-state index contributed by atoms with van der Waals surface area (Å²) in [4.78, 5) is 0. The molecule has 0 radical (unpaired) electrons. The Balaban J connectivity index is 1.60. The summed E-state index contributed by atoms with van der Waals surface area (Å²) in [6.07, 6.45) is 1.50. The molecule has 1 fully saturated rings. The van der Waals surface area contributed by atoms with Crippen molar-refractivity contribution in [2.24, 2.45) is 5.92 Å². The first kappa shape index (κ1) is 15.8. The van der Waals surface area contributed by atoms with Crippen LogP contribution in [0.4, 0.5) is 0 Å². The van der Waals surface area contributed by atoms with E-state index >= 15 is 0 Å². The lowest BCUT2D eigenvalue weighted by molar-refractivity contribution is 0.383. The standard InChI is InChI=1S/C16H20ClNO3S/c1-11(18-10-12-4-6-22(19,20)7-5-12)16-9-13-8-14(17)2-3-15(13)21-16/h2-3,8-9,11-12,18H,4-7,10H2,1H3/t11-/m1/s1. The molecule has 0 unspecified atom stereocenters. The van der Waals surface area contributed by atoms with Crippen molar-refractivity contribution in [3.8, 4) is 0 Å². The van der Waals surface area contributed by atoms with Crippen molar-refractivity contribution in [3.63, 3.8) is 0 Å². The molecule has 1 aliphatic heterocycles. The fraction of sp³-hybridized carbons (Fsp3) is 0.500. The van der Waals surface area contributed by atoms with Gasteiger partial charge in [0.15, 0.2) is 0 Å². The summed E-state index contributed by atoms with van der Waals surface area (Å²) in [5.74, 6) is 1.93. The molecular formula is C16H20ClNO3S. The molecule has 3 rings (SSSR count). The third-order valence-electron chi connectivity index (χ3n) is 4.31. The number of sulfone groups is 1. The third kappa shape index (κ3) is 3.65. The average Bonchev–Trinajstić information content (AvgIpc) is 2.89. The van der Waals surface area contributed by atoms with Crippen molar-refractivity contribution in [2.75, 3.05) is 18.1 Å². The molecule has 0 spiro atoms. The maximum atomic E-state index is 11.4. The van der Waals surface area contributed by atoms with Crippen molar-refractivity contribution in [1.82, 2.24) is 5.32 Å². The molecular weight excluding hydrogens is 322 g/mol. The lowest BCUT2D eigenvalue weighted by Crippen LogP contribution is -2.32. The van der Waals surface area contributed by atoms with E-state index in [0.717, 1.165) is 36.1 Å². The third-order valence-corrected chi connectivity index (χ3v) is 6.26. The first-order chi connectivity index (χ1) is 10.4. The summed E-state index contributed by atoms with van der Waals surface area (Å²) >= 11 is 5.99. The maximum Gasteiger partial charge on any atom is 0.150 e. The molecule has 0 amide bonds. The van der Waals surface area contributed by atoms with Crippen LogP contribution in [0.3, 0.4) is 0 Å². The Bertz CT molecular complexity index is 755. The zero-order valence-corrected chi connectivity index (χ0v) is 14.1. The molecule has 1 atom stereocenters. The molecule has 0 saturated carbocycles. The van der Waals surface area contributed by atoms with Crippen LogP contribution in [0.15, 0.2) is 28.7 Å². The van der Waals surface area contributed by atoms with Crippen molar-refractivity contribution < 1.29 is 12.8 Å². The molecule has 6 heteroatoms. The number of furan rings is 1. The first-order valence-electron chi connectivity index (χ1n) is 7.56. The van der Waals surface area contributed by atoms with Crippen LogP contribution in [0, 0.1) is 5.92 Å². The van der Waals surface area contributed by atoms with E-state index in [0.29, 0.717) is 22.4 Å². The van der Waals surface area contributed by atoms with Gasteiger partial charge < -0.3 is 9.73 Å². The second-order valence-corrected chi connectivity index (χ2v) is 8.80. The van der Waals surface area contributed by atoms with Crippen LogP contribution in [0.5, 0.6) is 0 Å². The van der Waals surface area contributed by atoms with Crippen LogP contribution in [0.2, 0.25) is 5.02 Å². The molecule has 1 saturated heterocycles. The van der Waals surface area contributed by atoms with E-state index in [1.807, 2.05) is 24.3 Å². The Morgan fingerprint density at radius 3 is 2.77 bits per heavy atom. The van der Waals surface area contributed by atoms with Crippen molar-refractivity contribution in [2.45, 2.75) is 25.8 Å². The number of halogens is 1. The highest BCUT2D eigenvalue weighted by molar-refractivity contribution is 7.91. The summed E-state index contributed by atoms with van der Waals surface area (Å²) in [6.45, 7) is 2.87. The molecule has 0 aliphatic carbocycles. The molecule has 1 aromatic carbocycles. The van der Waals surface area contributed by atoms with Crippen molar-refractivity contribution >= 4 is 32.4 Å². The minimum Gasteiger partial charge on any atom is -0.459 e. The number of hydrogen-bond acceptors (Lipinski definition) is 4. The number of hydrogen-bond donors (Lipinski definition) is 1. The lowest BCUT2D eigenvalue weighted by Gasteiger charge is -2.23. The molecule has 1 aliphatic rings. The Labute approximate surface area is 135 Å². The van der Waals surface area contributed by atoms with Crippen LogP contribution in [0.25, 0.3) is 11.0 Å². The molecule has 120 valence electrons. The molecule has 1 aromatic heterocycles. The Morgan fingerprint density at radius 2 is 2.05 bits per heavy atom. The van der Waals surface area contributed by atoms with Crippen LogP contribution in [-0.2, 0) is 9.84 Å². The SMILES string of the molecule is C[C@@H](NCC1CCS(=O)(=O)CC1)c1cc2cc(Cl)ccc2o1. The van der Waals surface area contributed by atoms with Gasteiger partial charge in [-0.25, -0.2) is 8.42 Å². The first-order valence-corrected chi connectivity index (χ1v) is 9.76. The Kier molecular flexibility index (Phi) is 4.48. The number of fused-ring (bicyclic) bond motifs is 1. The minimum atomic E-state index is -2.79. The van der Waals surface area contributed by atoms with E-state index in [1.165, 1.54) is 0 Å². The van der Waals surface area contributed by atoms with E-state index in [9.17, 15) is 8.42 Å². The highest BCUT2D eigenvalue weighted by Gasteiger charge is 2.24. The summed E-state index contributed by atoms with van der Waals surface area (Å²) in [6, 6.07) is 7.68. The predicted molar refractivity (Wildman–Crippen MR) is 89.0 cm³/mol. The highest BCUT2D eigenvalue weighted by atomic mass is 35.5. The van der Waals surface area contributed by atoms with Gasteiger partial charge in [-0.05, 0) is 56.5 Å². The summed E-state index contributed by atoms with van der Waals surface area (Å²) in [5.41, 5.74) is 0.830. The molecule has 4 nitrogen and oxygen atoms in total.